The second-order valence-electron chi connectivity index (χ2n) is 5.33. The van der Waals surface area contributed by atoms with Crippen molar-refractivity contribution in [2.75, 3.05) is 0 Å². The molecule has 7 heteroatoms. The van der Waals surface area contributed by atoms with Crippen LogP contribution in [0.3, 0.4) is 0 Å². The number of carboxylic acid groups (broad SMARTS) is 1. The van der Waals surface area contributed by atoms with E-state index >= 15 is 0 Å². The molecule has 0 bridgehead atoms. The molecule has 1 aromatic rings. The van der Waals surface area contributed by atoms with Crippen LogP contribution in [0.1, 0.15) is 31.7 Å². The largest absolute Gasteiger partial charge is 0.573 e. The van der Waals surface area contributed by atoms with Crippen LogP contribution >= 0.6 is 0 Å². The summed E-state index contributed by atoms with van der Waals surface area (Å²) in [5.41, 5.74) is 0.848. The standard InChI is InChI=1S/C15H17F3O4/c1-2-3-9-4-5-12(22-15(16,17)18)13(6-9)21-11-7-10(8-11)14(19)20/h4-6,10-11H,2-3,7-8H2,1H3,(H,19,20). The summed E-state index contributed by atoms with van der Waals surface area (Å²) in [5.74, 6) is -1.79. The van der Waals surface area contributed by atoms with Gasteiger partial charge in [-0.25, -0.2) is 0 Å². The van der Waals surface area contributed by atoms with Crippen molar-refractivity contribution in [1.82, 2.24) is 0 Å². The lowest BCUT2D eigenvalue weighted by Gasteiger charge is -2.33. The van der Waals surface area contributed by atoms with Gasteiger partial charge >= 0.3 is 12.3 Å². The number of rotatable bonds is 6. The Labute approximate surface area is 125 Å². The number of halogens is 3. The average Bonchev–Trinajstić information content (AvgIpc) is 2.34. The molecule has 1 aliphatic carbocycles. The van der Waals surface area contributed by atoms with Crippen molar-refractivity contribution in [1.29, 1.82) is 0 Å². The topological polar surface area (TPSA) is 55.8 Å². The van der Waals surface area contributed by atoms with E-state index in [9.17, 15) is 18.0 Å². The highest BCUT2D eigenvalue weighted by Gasteiger charge is 2.37. The van der Waals surface area contributed by atoms with E-state index in [4.69, 9.17) is 9.84 Å². The first-order valence-electron chi connectivity index (χ1n) is 7.06. The van der Waals surface area contributed by atoms with Crippen LogP contribution in [0.25, 0.3) is 0 Å². The van der Waals surface area contributed by atoms with Crippen LogP contribution in [-0.2, 0) is 11.2 Å². The van der Waals surface area contributed by atoms with Crippen molar-refractivity contribution in [3.05, 3.63) is 23.8 Å². The second-order valence-corrected chi connectivity index (χ2v) is 5.33. The summed E-state index contributed by atoms with van der Waals surface area (Å²) in [6.45, 7) is 1.96. The fraction of sp³-hybridized carbons (Fsp3) is 0.533. The van der Waals surface area contributed by atoms with E-state index in [-0.39, 0.29) is 5.75 Å². The number of ether oxygens (including phenoxy) is 2. The van der Waals surface area contributed by atoms with E-state index in [1.54, 1.807) is 6.07 Å². The quantitative estimate of drug-likeness (QED) is 0.867. The first-order chi connectivity index (χ1) is 10.3. The van der Waals surface area contributed by atoms with Crippen LogP contribution in [0.2, 0.25) is 0 Å². The molecule has 4 nitrogen and oxygen atoms in total. The Morgan fingerprint density at radius 1 is 1.32 bits per heavy atom. The lowest BCUT2D eigenvalue weighted by molar-refractivity contribution is -0.275. The van der Waals surface area contributed by atoms with Gasteiger partial charge in [0.25, 0.3) is 0 Å². The predicted octanol–water partition coefficient (Wildman–Crippen LogP) is 3.78. The molecule has 2 rings (SSSR count). The van der Waals surface area contributed by atoms with Crippen LogP contribution in [0, 0.1) is 5.92 Å². The number of hydrogen-bond donors (Lipinski definition) is 1. The fourth-order valence-corrected chi connectivity index (χ4v) is 2.34. The number of benzene rings is 1. The number of carboxylic acids is 1. The molecule has 0 atom stereocenters. The summed E-state index contributed by atoms with van der Waals surface area (Å²) in [6.07, 6.45) is -3.05. The van der Waals surface area contributed by atoms with Crippen molar-refractivity contribution in [2.24, 2.45) is 5.92 Å². The van der Waals surface area contributed by atoms with Crippen molar-refractivity contribution in [3.63, 3.8) is 0 Å². The molecule has 0 spiro atoms. The van der Waals surface area contributed by atoms with Gasteiger partial charge in [-0.15, -0.1) is 13.2 Å². The second kappa shape index (κ2) is 6.46. The van der Waals surface area contributed by atoms with E-state index in [0.29, 0.717) is 19.3 Å². The Morgan fingerprint density at radius 2 is 2.00 bits per heavy atom. The maximum Gasteiger partial charge on any atom is 0.573 e. The van der Waals surface area contributed by atoms with Gasteiger partial charge in [-0.3, -0.25) is 4.79 Å². The molecule has 0 radical (unpaired) electrons. The summed E-state index contributed by atoms with van der Waals surface area (Å²) < 4.78 is 46.7. The lowest BCUT2D eigenvalue weighted by Crippen LogP contribution is -2.38. The third kappa shape index (κ3) is 4.29. The molecule has 1 saturated carbocycles. The molecule has 0 aromatic heterocycles. The molecular weight excluding hydrogens is 301 g/mol. The highest BCUT2D eigenvalue weighted by atomic mass is 19.4. The summed E-state index contributed by atoms with van der Waals surface area (Å²) >= 11 is 0. The molecule has 0 unspecified atom stereocenters. The molecule has 1 fully saturated rings. The minimum Gasteiger partial charge on any atom is -0.486 e. The smallest absolute Gasteiger partial charge is 0.486 e. The highest BCUT2D eigenvalue weighted by molar-refractivity contribution is 5.71. The normalized spacial score (nSPS) is 21.1. The fourth-order valence-electron chi connectivity index (χ4n) is 2.34. The van der Waals surface area contributed by atoms with Gasteiger partial charge in [0.15, 0.2) is 11.5 Å². The number of alkyl halides is 3. The SMILES string of the molecule is CCCc1ccc(OC(F)(F)F)c(OC2CC(C(=O)O)C2)c1. The van der Waals surface area contributed by atoms with Gasteiger partial charge in [-0.05, 0) is 37.0 Å². The van der Waals surface area contributed by atoms with Gasteiger partial charge in [0.05, 0.1) is 5.92 Å². The maximum absolute atomic E-state index is 12.4. The van der Waals surface area contributed by atoms with Gasteiger partial charge < -0.3 is 14.6 Å². The Hall–Kier alpha value is -1.92. The number of aliphatic carboxylic acids is 1. The minimum absolute atomic E-state index is 0.0112. The van der Waals surface area contributed by atoms with Gasteiger partial charge in [-0.1, -0.05) is 19.4 Å². The Kier molecular flexibility index (Phi) is 4.83. The molecular formula is C15H17F3O4. The summed E-state index contributed by atoms with van der Waals surface area (Å²) in [7, 11) is 0. The summed E-state index contributed by atoms with van der Waals surface area (Å²) in [4.78, 5) is 10.7. The van der Waals surface area contributed by atoms with Crippen molar-refractivity contribution >= 4 is 5.97 Å². The van der Waals surface area contributed by atoms with E-state index in [0.717, 1.165) is 12.0 Å². The van der Waals surface area contributed by atoms with Gasteiger partial charge in [-0.2, -0.15) is 0 Å². The molecule has 0 aliphatic heterocycles. The molecule has 1 N–H and O–H groups in total. The van der Waals surface area contributed by atoms with E-state index < -0.39 is 30.1 Å². The zero-order valence-corrected chi connectivity index (χ0v) is 12.0. The number of carbonyl (C=O) groups is 1. The maximum atomic E-state index is 12.4. The molecule has 0 amide bonds. The van der Waals surface area contributed by atoms with Crippen LogP contribution in [-0.4, -0.2) is 23.5 Å². The zero-order chi connectivity index (χ0) is 16.3. The van der Waals surface area contributed by atoms with Crippen LogP contribution in [0.4, 0.5) is 13.2 Å². The molecule has 0 saturated heterocycles. The molecule has 0 heterocycles. The van der Waals surface area contributed by atoms with E-state index in [1.165, 1.54) is 12.1 Å². The summed E-state index contributed by atoms with van der Waals surface area (Å²) in [5, 5.41) is 8.81. The number of aryl methyl sites for hydroxylation is 1. The molecule has 1 aliphatic rings. The average molecular weight is 318 g/mol. The van der Waals surface area contributed by atoms with Crippen LogP contribution in [0.5, 0.6) is 11.5 Å². The van der Waals surface area contributed by atoms with Crippen molar-refractivity contribution < 1.29 is 32.5 Å². The first-order valence-corrected chi connectivity index (χ1v) is 7.06. The number of hydrogen-bond acceptors (Lipinski definition) is 3. The van der Waals surface area contributed by atoms with E-state index in [1.807, 2.05) is 6.92 Å². The Balaban J connectivity index is 2.11. The van der Waals surface area contributed by atoms with Crippen molar-refractivity contribution in [2.45, 2.75) is 45.1 Å². The molecule has 1 aromatic carbocycles. The van der Waals surface area contributed by atoms with Gasteiger partial charge in [0.2, 0.25) is 0 Å². The predicted molar refractivity (Wildman–Crippen MR) is 71.9 cm³/mol. The zero-order valence-electron chi connectivity index (χ0n) is 12.0. The Bertz CT molecular complexity index is 536. The first kappa shape index (κ1) is 16.5. The molecule has 122 valence electrons. The lowest BCUT2D eigenvalue weighted by atomic mass is 9.82. The minimum atomic E-state index is -4.80. The van der Waals surface area contributed by atoms with E-state index in [2.05, 4.69) is 4.74 Å². The third-order valence-corrected chi connectivity index (χ3v) is 3.51. The van der Waals surface area contributed by atoms with Crippen LogP contribution < -0.4 is 9.47 Å². The highest BCUT2D eigenvalue weighted by Crippen LogP contribution is 2.38. The Morgan fingerprint density at radius 3 is 2.55 bits per heavy atom. The summed E-state index contributed by atoms with van der Waals surface area (Å²) in [6, 6.07) is 4.33. The van der Waals surface area contributed by atoms with Crippen LogP contribution in [0.15, 0.2) is 18.2 Å². The van der Waals surface area contributed by atoms with Crippen molar-refractivity contribution in [3.8, 4) is 11.5 Å². The van der Waals surface area contributed by atoms with Gasteiger partial charge in [0.1, 0.15) is 6.10 Å². The monoisotopic (exact) mass is 318 g/mol. The third-order valence-electron chi connectivity index (χ3n) is 3.51. The van der Waals surface area contributed by atoms with Gasteiger partial charge in [0, 0.05) is 0 Å². The molecule has 22 heavy (non-hydrogen) atoms.